The number of carbonyl (C=O) groups is 2. The summed E-state index contributed by atoms with van der Waals surface area (Å²) in [6, 6.07) is 8.06. The highest BCUT2D eigenvalue weighted by atomic mass is 32.1. The number of hydrogen-bond donors (Lipinski definition) is 1. The first-order valence-electron chi connectivity index (χ1n) is 12.7. The van der Waals surface area contributed by atoms with E-state index in [0.717, 1.165) is 75.4 Å². The van der Waals surface area contributed by atoms with Crippen LogP contribution in [0.3, 0.4) is 0 Å². The van der Waals surface area contributed by atoms with Crippen LogP contribution in [0.2, 0.25) is 0 Å². The fraction of sp³-hybridized carbons (Fsp3) is 0.654. The minimum atomic E-state index is -0.675. The second kappa shape index (κ2) is 9.21. The number of nitrogens with one attached hydrogen (secondary N) is 1. The number of urea groups is 1. The Bertz CT molecular complexity index is 1020. The highest BCUT2D eigenvalue weighted by Gasteiger charge is 2.53. The quantitative estimate of drug-likeness (QED) is 0.621. The van der Waals surface area contributed by atoms with Crippen LogP contribution in [0.15, 0.2) is 24.3 Å². The summed E-state index contributed by atoms with van der Waals surface area (Å²) in [5, 5.41) is 4.24. The van der Waals surface area contributed by atoms with Gasteiger partial charge in [-0.3, -0.25) is 14.6 Å². The lowest BCUT2D eigenvalue weighted by atomic mass is 9.65. The fourth-order valence-electron chi connectivity index (χ4n) is 5.79. The zero-order valence-corrected chi connectivity index (χ0v) is 21.5. The van der Waals surface area contributed by atoms with Crippen molar-refractivity contribution in [3.8, 4) is 0 Å². The van der Waals surface area contributed by atoms with Crippen molar-refractivity contribution in [2.75, 3.05) is 32.8 Å². The normalized spacial score (nSPS) is 27.1. The molecule has 2 saturated heterocycles. The van der Waals surface area contributed by atoms with Crippen LogP contribution in [0.1, 0.15) is 57.9 Å². The van der Waals surface area contributed by atoms with E-state index in [2.05, 4.69) is 54.1 Å². The number of aromatic nitrogens is 1. The third kappa shape index (κ3) is 4.48. The molecule has 1 aliphatic carbocycles. The van der Waals surface area contributed by atoms with Crippen molar-refractivity contribution in [2.45, 2.75) is 65.0 Å². The van der Waals surface area contributed by atoms with E-state index in [1.807, 2.05) is 6.07 Å². The SMILES string of the molecule is CCC(C)(C)C1CCC2(CC1)NC(=O)N(CN1CCN(Cc3nc4ccccc4s3)CC1)C2=O. The van der Waals surface area contributed by atoms with Crippen molar-refractivity contribution in [3.05, 3.63) is 29.3 Å². The van der Waals surface area contributed by atoms with Gasteiger partial charge in [-0.2, -0.15) is 0 Å². The highest BCUT2D eigenvalue weighted by molar-refractivity contribution is 7.18. The van der Waals surface area contributed by atoms with Crippen LogP contribution in [0.4, 0.5) is 4.79 Å². The number of piperazine rings is 1. The van der Waals surface area contributed by atoms with Crippen LogP contribution in [0, 0.1) is 11.3 Å². The van der Waals surface area contributed by atoms with Crippen molar-refractivity contribution in [2.24, 2.45) is 11.3 Å². The van der Waals surface area contributed by atoms with E-state index < -0.39 is 5.54 Å². The Kier molecular flexibility index (Phi) is 6.42. The number of hydrogen-bond acceptors (Lipinski definition) is 6. The van der Waals surface area contributed by atoms with Crippen LogP contribution in [0.5, 0.6) is 0 Å². The largest absolute Gasteiger partial charge is 0.326 e. The molecule has 1 aromatic carbocycles. The third-order valence-electron chi connectivity index (χ3n) is 8.60. The molecule has 3 heterocycles. The van der Waals surface area contributed by atoms with E-state index in [-0.39, 0.29) is 17.4 Å². The van der Waals surface area contributed by atoms with Crippen LogP contribution < -0.4 is 5.32 Å². The number of benzene rings is 1. The molecule has 8 heteroatoms. The number of nitrogens with zero attached hydrogens (tertiary/aromatic N) is 4. The van der Waals surface area contributed by atoms with Crippen LogP contribution in [-0.2, 0) is 11.3 Å². The van der Waals surface area contributed by atoms with Gasteiger partial charge in [0.25, 0.3) is 5.91 Å². The van der Waals surface area contributed by atoms with Gasteiger partial charge in [0.2, 0.25) is 0 Å². The molecule has 3 aliphatic rings. The van der Waals surface area contributed by atoms with Gasteiger partial charge in [0.05, 0.1) is 23.4 Å². The van der Waals surface area contributed by atoms with Crippen molar-refractivity contribution >= 4 is 33.5 Å². The van der Waals surface area contributed by atoms with Crippen LogP contribution in [0.25, 0.3) is 10.2 Å². The van der Waals surface area contributed by atoms with E-state index in [0.29, 0.717) is 12.6 Å². The minimum absolute atomic E-state index is 0.0119. The molecule has 1 N–H and O–H groups in total. The summed E-state index contributed by atoms with van der Waals surface area (Å²) < 4.78 is 1.23. The van der Waals surface area contributed by atoms with E-state index in [1.165, 1.54) is 9.60 Å². The average Bonchev–Trinajstić information content (AvgIpc) is 3.34. The molecular formula is C26H37N5O2S. The maximum atomic E-state index is 13.4. The van der Waals surface area contributed by atoms with Crippen molar-refractivity contribution < 1.29 is 9.59 Å². The Labute approximate surface area is 206 Å². The molecule has 7 nitrogen and oxygen atoms in total. The molecule has 34 heavy (non-hydrogen) atoms. The number of fused-ring (bicyclic) bond motifs is 1. The Balaban J connectivity index is 1.13. The molecule has 2 aliphatic heterocycles. The molecule has 5 rings (SSSR count). The van der Waals surface area contributed by atoms with Crippen LogP contribution in [-0.4, -0.2) is 70.0 Å². The molecule has 0 radical (unpaired) electrons. The molecule has 184 valence electrons. The van der Waals surface area contributed by atoms with Gasteiger partial charge in [-0.1, -0.05) is 39.3 Å². The number of imide groups is 1. The lowest BCUT2D eigenvalue weighted by Gasteiger charge is -2.42. The molecule has 0 atom stereocenters. The fourth-order valence-corrected chi connectivity index (χ4v) is 6.80. The summed E-state index contributed by atoms with van der Waals surface area (Å²) in [6.45, 7) is 11.7. The maximum Gasteiger partial charge on any atom is 0.326 e. The van der Waals surface area contributed by atoms with Crippen molar-refractivity contribution in [1.82, 2.24) is 25.0 Å². The monoisotopic (exact) mass is 483 g/mol. The molecule has 3 fully saturated rings. The third-order valence-corrected chi connectivity index (χ3v) is 9.63. The molecule has 1 aromatic heterocycles. The molecular weight excluding hydrogens is 446 g/mol. The lowest BCUT2D eigenvalue weighted by molar-refractivity contribution is -0.134. The average molecular weight is 484 g/mol. The van der Waals surface area contributed by atoms with Gasteiger partial charge in [-0.05, 0) is 49.1 Å². The van der Waals surface area contributed by atoms with Gasteiger partial charge in [-0.15, -0.1) is 11.3 Å². The van der Waals surface area contributed by atoms with Gasteiger partial charge in [0.15, 0.2) is 0 Å². The topological polar surface area (TPSA) is 68.8 Å². The molecule has 0 bridgehead atoms. The van der Waals surface area contributed by atoms with Crippen molar-refractivity contribution in [1.29, 1.82) is 0 Å². The highest BCUT2D eigenvalue weighted by Crippen LogP contribution is 2.45. The van der Waals surface area contributed by atoms with E-state index in [4.69, 9.17) is 4.98 Å². The van der Waals surface area contributed by atoms with Gasteiger partial charge >= 0.3 is 6.03 Å². The van der Waals surface area contributed by atoms with Gasteiger partial charge in [0, 0.05) is 26.2 Å². The predicted molar refractivity (Wildman–Crippen MR) is 135 cm³/mol. The number of thiazole rings is 1. The maximum absolute atomic E-state index is 13.4. The summed E-state index contributed by atoms with van der Waals surface area (Å²) >= 11 is 1.76. The van der Waals surface area contributed by atoms with E-state index in [1.54, 1.807) is 11.3 Å². The van der Waals surface area contributed by atoms with Gasteiger partial charge in [0.1, 0.15) is 10.5 Å². The first kappa shape index (κ1) is 23.7. The zero-order chi connectivity index (χ0) is 23.9. The predicted octanol–water partition coefficient (Wildman–Crippen LogP) is 4.29. The summed E-state index contributed by atoms with van der Waals surface area (Å²) in [5.41, 5.74) is 0.685. The molecule has 3 amide bonds. The summed E-state index contributed by atoms with van der Waals surface area (Å²) in [5.74, 6) is 0.604. The first-order chi connectivity index (χ1) is 16.3. The van der Waals surface area contributed by atoms with Gasteiger partial charge in [-0.25, -0.2) is 14.7 Å². The smallest absolute Gasteiger partial charge is 0.323 e. The number of rotatable bonds is 6. The minimum Gasteiger partial charge on any atom is -0.323 e. The van der Waals surface area contributed by atoms with E-state index in [9.17, 15) is 9.59 Å². The molecule has 0 unspecified atom stereocenters. The van der Waals surface area contributed by atoms with Crippen LogP contribution >= 0.6 is 11.3 Å². The second-order valence-corrected chi connectivity index (χ2v) is 12.1. The number of carbonyl (C=O) groups excluding carboxylic acids is 2. The summed E-state index contributed by atoms with van der Waals surface area (Å²) in [4.78, 5) is 37.1. The summed E-state index contributed by atoms with van der Waals surface area (Å²) in [6.07, 6.45) is 4.68. The number of para-hydroxylation sites is 1. The standard InChI is InChI=1S/C26H37N5O2S/c1-4-25(2,3)19-9-11-26(12-10-19)23(32)31(24(33)28-26)18-30-15-13-29(14-16-30)17-22-27-20-7-5-6-8-21(20)34-22/h5-8,19H,4,9-18H2,1-3H3,(H,28,33). The molecule has 2 aromatic rings. The van der Waals surface area contributed by atoms with E-state index >= 15 is 0 Å². The second-order valence-electron chi connectivity index (χ2n) is 11.0. The Morgan fingerprint density at radius 2 is 1.76 bits per heavy atom. The molecule has 1 saturated carbocycles. The Morgan fingerprint density at radius 1 is 1.09 bits per heavy atom. The lowest BCUT2D eigenvalue weighted by Crippen LogP contribution is -2.53. The van der Waals surface area contributed by atoms with Gasteiger partial charge < -0.3 is 5.32 Å². The molecule has 1 spiro atoms. The first-order valence-corrected chi connectivity index (χ1v) is 13.5. The Morgan fingerprint density at radius 3 is 2.44 bits per heavy atom. The zero-order valence-electron chi connectivity index (χ0n) is 20.7. The number of amides is 3. The summed E-state index contributed by atoms with van der Waals surface area (Å²) in [7, 11) is 0. The van der Waals surface area contributed by atoms with Crippen molar-refractivity contribution in [3.63, 3.8) is 0 Å². The Hall–Kier alpha value is -2.03.